The number of nitrogens with zero attached hydrogens (tertiary/aromatic N) is 3. The fraction of sp³-hybridized carbons (Fsp3) is 0.300. The second-order valence-electron chi connectivity index (χ2n) is 7.41. The molecule has 158 valence electrons. The molecule has 0 bridgehead atoms. The molecule has 3 rings (SSSR count). The Balaban J connectivity index is 1.99. The van der Waals surface area contributed by atoms with Gasteiger partial charge in [-0.2, -0.15) is 5.10 Å². The van der Waals surface area contributed by atoms with Crippen LogP contribution in [0.5, 0.6) is 0 Å². The van der Waals surface area contributed by atoms with Gasteiger partial charge in [-0.3, -0.25) is 19.6 Å². The number of amides is 1. The lowest BCUT2D eigenvalue weighted by molar-refractivity contribution is -0.384. The van der Waals surface area contributed by atoms with Crippen molar-refractivity contribution in [1.29, 1.82) is 0 Å². The maximum Gasteiger partial charge on any atom is 0.269 e. The first kappa shape index (κ1) is 21.4. The molecule has 1 amide bonds. The van der Waals surface area contributed by atoms with Crippen molar-refractivity contribution in [3.05, 3.63) is 69.8 Å². The summed E-state index contributed by atoms with van der Waals surface area (Å²) < 4.78 is 25.5. The molecule has 0 unspecified atom stereocenters. The van der Waals surface area contributed by atoms with Crippen LogP contribution in [0.25, 0.3) is 0 Å². The van der Waals surface area contributed by atoms with E-state index in [1.54, 1.807) is 50.2 Å². The second-order valence-corrected chi connectivity index (χ2v) is 9.16. The van der Waals surface area contributed by atoms with Crippen LogP contribution in [-0.2, 0) is 14.8 Å². The van der Waals surface area contributed by atoms with E-state index in [1.807, 2.05) is 0 Å². The Bertz CT molecular complexity index is 1130. The van der Waals surface area contributed by atoms with Crippen molar-refractivity contribution < 1.29 is 18.1 Å². The van der Waals surface area contributed by atoms with Gasteiger partial charge >= 0.3 is 0 Å². The summed E-state index contributed by atoms with van der Waals surface area (Å²) in [7, 11) is -3.44. The number of hydrazone groups is 1. The normalized spacial score (nSPS) is 16.5. The first-order chi connectivity index (χ1) is 14.0. The maximum absolute atomic E-state index is 12.8. The number of nitrogens with one attached hydrogen (secondary N) is 1. The second kappa shape index (κ2) is 8.23. The molecular weight excluding hydrogens is 408 g/mol. The van der Waals surface area contributed by atoms with Gasteiger partial charge in [-0.1, -0.05) is 38.1 Å². The van der Waals surface area contributed by atoms with E-state index >= 15 is 0 Å². The van der Waals surface area contributed by atoms with Gasteiger partial charge in [0.15, 0.2) is 0 Å². The van der Waals surface area contributed by atoms with Crippen molar-refractivity contribution in [1.82, 2.24) is 5.01 Å². The van der Waals surface area contributed by atoms with E-state index in [2.05, 4.69) is 9.82 Å². The maximum atomic E-state index is 12.8. The molecule has 2 aromatic carbocycles. The molecule has 9 nitrogen and oxygen atoms in total. The molecule has 30 heavy (non-hydrogen) atoms. The summed E-state index contributed by atoms with van der Waals surface area (Å²) in [6.07, 6.45) is 1.41. The minimum atomic E-state index is -3.44. The summed E-state index contributed by atoms with van der Waals surface area (Å²) in [5, 5.41) is 17.0. The summed E-state index contributed by atoms with van der Waals surface area (Å²) in [4.78, 5) is 23.5. The average molecular weight is 430 g/mol. The van der Waals surface area contributed by atoms with E-state index in [9.17, 15) is 23.3 Å². The minimum Gasteiger partial charge on any atom is -0.284 e. The molecule has 1 aliphatic rings. The molecule has 0 saturated heterocycles. The van der Waals surface area contributed by atoms with Crippen LogP contribution in [0.2, 0.25) is 0 Å². The van der Waals surface area contributed by atoms with Crippen LogP contribution in [-0.4, -0.2) is 36.2 Å². The van der Waals surface area contributed by atoms with Crippen LogP contribution >= 0.6 is 0 Å². The zero-order valence-corrected chi connectivity index (χ0v) is 17.6. The number of nitro groups is 1. The molecule has 2 aromatic rings. The van der Waals surface area contributed by atoms with E-state index in [4.69, 9.17) is 0 Å². The molecule has 1 heterocycles. The first-order valence-electron chi connectivity index (χ1n) is 9.28. The van der Waals surface area contributed by atoms with Gasteiger partial charge in [-0.15, -0.1) is 0 Å². The highest BCUT2D eigenvalue weighted by Crippen LogP contribution is 2.35. The monoisotopic (exact) mass is 430 g/mol. The predicted molar refractivity (Wildman–Crippen MR) is 114 cm³/mol. The number of nitro benzene ring substituents is 1. The zero-order chi connectivity index (χ0) is 22.1. The van der Waals surface area contributed by atoms with Crippen LogP contribution < -0.4 is 4.72 Å². The van der Waals surface area contributed by atoms with Crippen molar-refractivity contribution in [2.45, 2.75) is 26.3 Å². The number of hydrogen-bond acceptors (Lipinski definition) is 6. The topological polar surface area (TPSA) is 122 Å². The first-order valence-corrected chi connectivity index (χ1v) is 11.2. The number of benzene rings is 2. The Hall–Kier alpha value is -3.27. The van der Waals surface area contributed by atoms with E-state index in [-0.39, 0.29) is 17.5 Å². The third-order valence-electron chi connectivity index (χ3n) is 4.59. The highest BCUT2D eigenvalue weighted by Gasteiger charge is 2.34. The Morgan fingerprint density at radius 2 is 1.93 bits per heavy atom. The fourth-order valence-corrected chi connectivity index (χ4v) is 3.79. The molecule has 0 aromatic heterocycles. The summed E-state index contributed by atoms with van der Waals surface area (Å²) in [5.41, 5.74) is 2.20. The van der Waals surface area contributed by atoms with Crippen molar-refractivity contribution in [3.63, 3.8) is 0 Å². The lowest BCUT2D eigenvalue weighted by atomic mass is 9.97. The molecular formula is C20H22N4O5S. The smallest absolute Gasteiger partial charge is 0.269 e. The molecule has 0 aliphatic carbocycles. The Kier molecular flexibility index (Phi) is 5.88. The van der Waals surface area contributed by atoms with Crippen molar-refractivity contribution in [2.24, 2.45) is 11.0 Å². The predicted octanol–water partition coefficient (Wildman–Crippen LogP) is 3.30. The number of non-ortho nitro benzene ring substituents is 1. The van der Waals surface area contributed by atoms with Crippen molar-refractivity contribution in [3.8, 4) is 0 Å². The fourth-order valence-electron chi connectivity index (χ4n) is 3.23. The van der Waals surface area contributed by atoms with Crippen LogP contribution in [0.1, 0.15) is 37.4 Å². The van der Waals surface area contributed by atoms with Gasteiger partial charge in [0.05, 0.1) is 22.9 Å². The quantitative estimate of drug-likeness (QED) is 0.556. The van der Waals surface area contributed by atoms with Crippen molar-refractivity contribution in [2.75, 3.05) is 11.0 Å². The van der Waals surface area contributed by atoms with Gasteiger partial charge in [0, 0.05) is 30.2 Å². The molecule has 0 fully saturated rings. The van der Waals surface area contributed by atoms with Crippen LogP contribution in [0.3, 0.4) is 0 Å². The Labute approximate surface area is 174 Å². The molecule has 0 saturated carbocycles. The third-order valence-corrected chi connectivity index (χ3v) is 5.20. The number of sulfonamides is 1. The van der Waals surface area contributed by atoms with Gasteiger partial charge in [0.25, 0.3) is 5.69 Å². The molecule has 1 atom stereocenters. The van der Waals surface area contributed by atoms with Gasteiger partial charge in [0.2, 0.25) is 15.9 Å². The molecule has 0 spiro atoms. The SMILES string of the molecule is CC(C)C(=O)N1N=C(c2cccc(NS(C)(=O)=O)c2)C[C@@H]1c1cccc([N+](=O)[O-])c1. The minimum absolute atomic E-state index is 0.0581. The van der Waals surface area contributed by atoms with Crippen molar-refractivity contribution >= 4 is 33.0 Å². The largest absolute Gasteiger partial charge is 0.284 e. The zero-order valence-electron chi connectivity index (χ0n) is 16.8. The number of carbonyl (C=O) groups excluding carboxylic acids is 1. The lowest BCUT2D eigenvalue weighted by Crippen LogP contribution is -2.30. The third kappa shape index (κ3) is 4.82. The highest BCUT2D eigenvalue weighted by atomic mass is 32.2. The average Bonchev–Trinajstić information content (AvgIpc) is 3.11. The van der Waals surface area contributed by atoms with Crippen LogP contribution in [0.15, 0.2) is 53.6 Å². The van der Waals surface area contributed by atoms with Gasteiger partial charge in [-0.05, 0) is 23.3 Å². The molecule has 0 radical (unpaired) electrons. The number of carbonyl (C=O) groups is 1. The summed E-state index contributed by atoms with van der Waals surface area (Å²) >= 11 is 0. The number of rotatable bonds is 6. The summed E-state index contributed by atoms with van der Waals surface area (Å²) in [6.45, 7) is 3.52. The van der Waals surface area contributed by atoms with Gasteiger partial charge < -0.3 is 0 Å². The molecule has 1 aliphatic heterocycles. The highest BCUT2D eigenvalue weighted by molar-refractivity contribution is 7.92. The summed E-state index contributed by atoms with van der Waals surface area (Å²) in [5.74, 6) is -0.514. The van der Waals surface area contributed by atoms with E-state index < -0.39 is 21.0 Å². The Morgan fingerprint density at radius 3 is 2.57 bits per heavy atom. The summed E-state index contributed by atoms with van der Waals surface area (Å²) in [6, 6.07) is 12.4. The lowest BCUT2D eigenvalue weighted by Gasteiger charge is -2.23. The number of hydrogen-bond donors (Lipinski definition) is 1. The molecule has 10 heteroatoms. The number of anilines is 1. The van der Waals surface area contributed by atoms with Crippen LogP contribution in [0.4, 0.5) is 11.4 Å². The van der Waals surface area contributed by atoms with Crippen LogP contribution in [0, 0.1) is 16.0 Å². The Morgan fingerprint density at radius 1 is 1.23 bits per heavy atom. The molecule has 1 N–H and O–H groups in total. The van der Waals surface area contributed by atoms with Gasteiger partial charge in [-0.25, -0.2) is 13.4 Å². The van der Waals surface area contributed by atoms with E-state index in [0.717, 1.165) is 6.26 Å². The van der Waals surface area contributed by atoms with E-state index in [1.165, 1.54) is 17.1 Å². The standard InChI is InChI=1S/C20H22N4O5S/c1-13(2)20(25)23-19(15-7-5-9-17(11-15)24(26)27)12-18(21-23)14-6-4-8-16(10-14)22-30(3,28)29/h4-11,13,19,22H,12H2,1-3H3/t19-/m1/s1. The van der Waals surface area contributed by atoms with Gasteiger partial charge in [0.1, 0.15) is 0 Å². The van der Waals surface area contributed by atoms with E-state index in [0.29, 0.717) is 28.9 Å².